The lowest BCUT2D eigenvalue weighted by atomic mass is 10.1. The molecule has 182 valence electrons. The number of fused-ring (bicyclic) bond motifs is 3. The number of aromatic nitrogens is 4. The van der Waals surface area contributed by atoms with Gasteiger partial charge in [0.05, 0.1) is 23.6 Å². The van der Waals surface area contributed by atoms with E-state index in [1.165, 1.54) is 50.6 Å². The summed E-state index contributed by atoms with van der Waals surface area (Å²) in [4.78, 5) is 32.2. The summed E-state index contributed by atoms with van der Waals surface area (Å²) in [5, 5.41) is 4.42. The highest BCUT2D eigenvalue weighted by Crippen LogP contribution is 2.29. The van der Waals surface area contributed by atoms with Crippen molar-refractivity contribution in [3.05, 3.63) is 59.0 Å². The Morgan fingerprint density at radius 1 is 1.17 bits per heavy atom. The van der Waals surface area contributed by atoms with Gasteiger partial charge in [-0.15, -0.1) is 0 Å². The number of carbonyl (C=O) groups is 1. The second-order valence-corrected chi connectivity index (χ2v) is 9.23. The summed E-state index contributed by atoms with van der Waals surface area (Å²) in [6.07, 6.45) is 7.18. The van der Waals surface area contributed by atoms with E-state index in [0.29, 0.717) is 17.6 Å². The maximum absolute atomic E-state index is 12.0. The highest BCUT2D eigenvalue weighted by molar-refractivity contribution is 6.10. The molecule has 1 aromatic carbocycles. The molecule has 4 heterocycles. The number of aromatic amines is 1. The molecule has 0 amide bonds. The number of piperidine rings is 1. The standard InChI is InChI=1S/C27H32N6O2/c1-18-9-4-5-10-19(18)16-22-31-25(28-11-8-14-33-12-6-3-7-13-33)23-24-21(30-26(23)32-22)15-20(17-29-24)27(34)35-2/h4-5,9-10,15,17H,3,6-8,11-14,16H2,1-2H3,(H2,28,30,31,32). The monoisotopic (exact) mass is 472 g/mol. The summed E-state index contributed by atoms with van der Waals surface area (Å²) in [6, 6.07) is 10.1. The van der Waals surface area contributed by atoms with Crippen molar-refractivity contribution in [3.63, 3.8) is 0 Å². The molecule has 35 heavy (non-hydrogen) atoms. The second kappa shape index (κ2) is 10.4. The highest BCUT2D eigenvalue weighted by Gasteiger charge is 2.18. The van der Waals surface area contributed by atoms with Crippen LogP contribution in [0.15, 0.2) is 36.5 Å². The molecule has 4 aromatic rings. The third kappa shape index (κ3) is 5.12. The molecule has 1 aliphatic rings. The van der Waals surface area contributed by atoms with Crippen molar-refractivity contribution in [2.75, 3.05) is 38.6 Å². The molecular formula is C27H32N6O2. The number of aryl methyl sites for hydroxylation is 1. The van der Waals surface area contributed by atoms with Crippen LogP contribution >= 0.6 is 0 Å². The smallest absolute Gasteiger partial charge is 0.339 e. The van der Waals surface area contributed by atoms with E-state index < -0.39 is 5.97 Å². The first kappa shape index (κ1) is 23.2. The molecular weight excluding hydrogens is 440 g/mol. The van der Waals surface area contributed by atoms with E-state index >= 15 is 0 Å². The van der Waals surface area contributed by atoms with Gasteiger partial charge < -0.3 is 19.9 Å². The van der Waals surface area contributed by atoms with E-state index in [2.05, 4.69) is 39.2 Å². The topological polar surface area (TPSA) is 96.0 Å². The minimum Gasteiger partial charge on any atom is -0.465 e. The van der Waals surface area contributed by atoms with Crippen LogP contribution in [-0.2, 0) is 11.2 Å². The van der Waals surface area contributed by atoms with Crippen LogP contribution in [0.25, 0.3) is 22.1 Å². The van der Waals surface area contributed by atoms with E-state index in [0.717, 1.165) is 47.6 Å². The van der Waals surface area contributed by atoms with Crippen molar-refractivity contribution in [1.29, 1.82) is 0 Å². The normalized spacial score (nSPS) is 14.5. The van der Waals surface area contributed by atoms with Gasteiger partial charge in [-0.25, -0.2) is 14.8 Å². The lowest BCUT2D eigenvalue weighted by molar-refractivity contribution is 0.0600. The van der Waals surface area contributed by atoms with Crippen LogP contribution < -0.4 is 5.32 Å². The number of benzene rings is 1. The van der Waals surface area contributed by atoms with Gasteiger partial charge in [0.2, 0.25) is 0 Å². The SMILES string of the molecule is COC(=O)c1cnc2c(c1)[nH]c1nc(Cc3ccccc3C)nc(NCCCN3CCCCC3)c12. The molecule has 0 saturated carbocycles. The molecule has 8 heteroatoms. The number of hydrogen-bond acceptors (Lipinski definition) is 7. The highest BCUT2D eigenvalue weighted by atomic mass is 16.5. The minimum absolute atomic E-state index is 0.399. The van der Waals surface area contributed by atoms with E-state index in [-0.39, 0.29) is 0 Å². The van der Waals surface area contributed by atoms with E-state index in [9.17, 15) is 4.79 Å². The first-order chi connectivity index (χ1) is 17.1. The molecule has 2 N–H and O–H groups in total. The number of nitrogens with one attached hydrogen (secondary N) is 2. The zero-order valence-electron chi connectivity index (χ0n) is 20.4. The lowest BCUT2D eigenvalue weighted by Gasteiger charge is -2.26. The van der Waals surface area contributed by atoms with Crippen molar-refractivity contribution < 1.29 is 9.53 Å². The number of methoxy groups -OCH3 is 1. The Morgan fingerprint density at radius 2 is 2.00 bits per heavy atom. The average Bonchev–Trinajstić information content (AvgIpc) is 3.25. The van der Waals surface area contributed by atoms with E-state index in [1.54, 1.807) is 12.3 Å². The molecule has 5 rings (SSSR count). The zero-order valence-corrected chi connectivity index (χ0v) is 20.4. The summed E-state index contributed by atoms with van der Waals surface area (Å²) in [7, 11) is 1.37. The maximum atomic E-state index is 12.0. The van der Waals surface area contributed by atoms with Gasteiger partial charge in [-0.3, -0.25) is 4.98 Å². The molecule has 0 bridgehead atoms. The fraction of sp³-hybridized carbons (Fsp3) is 0.407. The number of hydrogen-bond donors (Lipinski definition) is 2. The maximum Gasteiger partial charge on any atom is 0.339 e. The molecule has 1 fully saturated rings. The minimum atomic E-state index is -0.416. The summed E-state index contributed by atoms with van der Waals surface area (Å²) < 4.78 is 4.86. The molecule has 0 aliphatic carbocycles. The molecule has 0 unspecified atom stereocenters. The van der Waals surface area contributed by atoms with Gasteiger partial charge in [0.15, 0.2) is 0 Å². The van der Waals surface area contributed by atoms with Gasteiger partial charge in [-0.1, -0.05) is 30.7 Å². The van der Waals surface area contributed by atoms with Gasteiger partial charge >= 0.3 is 5.97 Å². The van der Waals surface area contributed by atoms with Gasteiger partial charge in [-0.05, 0) is 63.0 Å². The van der Waals surface area contributed by atoms with Crippen molar-refractivity contribution in [3.8, 4) is 0 Å². The third-order valence-electron chi connectivity index (χ3n) is 6.76. The summed E-state index contributed by atoms with van der Waals surface area (Å²) in [5.41, 5.74) is 5.01. The Morgan fingerprint density at radius 3 is 2.80 bits per heavy atom. The van der Waals surface area contributed by atoms with Crippen molar-refractivity contribution in [1.82, 2.24) is 24.8 Å². The Balaban J connectivity index is 1.46. The Labute approximate surface area is 205 Å². The van der Waals surface area contributed by atoms with Crippen LogP contribution in [0.5, 0.6) is 0 Å². The molecule has 0 spiro atoms. The third-order valence-corrected chi connectivity index (χ3v) is 6.76. The molecule has 0 atom stereocenters. The predicted molar refractivity (Wildman–Crippen MR) is 138 cm³/mol. The van der Waals surface area contributed by atoms with Crippen LogP contribution in [0.2, 0.25) is 0 Å². The summed E-state index contributed by atoms with van der Waals surface area (Å²) in [5.74, 6) is 1.10. The number of ether oxygens (including phenoxy) is 1. The first-order valence-corrected chi connectivity index (χ1v) is 12.4. The zero-order chi connectivity index (χ0) is 24.2. The fourth-order valence-corrected chi connectivity index (χ4v) is 4.82. The number of H-pyrrole nitrogens is 1. The number of carbonyl (C=O) groups excluding carboxylic acids is 1. The molecule has 0 radical (unpaired) electrons. The van der Waals surface area contributed by atoms with E-state index in [1.807, 2.05) is 12.1 Å². The predicted octanol–water partition coefficient (Wildman–Crippen LogP) is 4.48. The van der Waals surface area contributed by atoms with Crippen molar-refractivity contribution in [2.24, 2.45) is 0 Å². The molecule has 1 saturated heterocycles. The van der Waals surface area contributed by atoms with Crippen LogP contribution in [0.4, 0.5) is 5.82 Å². The average molecular weight is 473 g/mol. The summed E-state index contributed by atoms with van der Waals surface area (Å²) >= 11 is 0. The number of anilines is 1. The van der Waals surface area contributed by atoms with Gasteiger partial charge in [-0.2, -0.15) is 0 Å². The Hall–Kier alpha value is -3.52. The number of nitrogens with zero attached hydrogens (tertiary/aromatic N) is 4. The van der Waals surface area contributed by atoms with Crippen LogP contribution in [0, 0.1) is 6.92 Å². The fourth-order valence-electron chi connectivity index (χ4n) is 4.82. The van der Waals surface area contributed by atoms with Gasteiger partial charge in [0.1, 0.15) is 22.8 Å². The molecule has 3 aromatic heterocycles. The second-order valence-electron chi connectivity index (χ2n) is 9.23. The summed E-state index contributed by atoms with van der Waals surface area (Å²) in [6.45, 7) is 6.42. The van der Waals surface area contributed by atoms with Crippen molar-refractivity contribution in [2.45, 2.75) is 39.0 Å². The quantitative estimate of drug-likeness (QED) is 0.288. The van der Waals surface area contributed by atoms with Crippen LogP contribution in [0.3, 0.4) is 0 Å². The number of likely N-dealkylation sites (tertiary alicyclic amines) is 1. The van der Waals surface area contributed by atoms with Crippen LogP contribution in [-0.4, -0.2) is 64.1 Å². The number of rotatable bonds is 8. The number of esters is 1. The number of pyridine rings is 1. The molecule has 8 nitrogen and oxygen atoms in total. The van der Waals surface area contributed by atoms with Crippen molar-refractivity contribution >= 4 is 33.9 Å². The Kier molecular flexibility index (Phi) is 6.90. The Bertz CT molecular complexity index is 1340. The molecule has 1 aliphatic heterocycles. The van der Waals surface area contributed by atoms with Gasteiger partial charge in [0.25, 0.3) is 0 Å². The van der Waals surface area contributed by atoms with Crippen LogP contribution in [0.1, 0.15) is 53.0 Å². The lowest BCUT2D eigenvalue weighted by Crippen LogP contribution is -2.31. The largest absolute Gasteiger partial charge is 0.465 e. The van der Waals surface area contributed by atoms with Gasteiger partial charge in [0, 0.05) is 19.2 Å². The van der Waals surface area contributed by atoms with E-state index in [4.69, 9.17) is 14.7 Å². The first-order valence-electron chi connectivity index (χ1n) is 12.4.